The van der Waals surface area contributed by atoms with Crippen molar-refractivity contribution in [3.05, 3.63) is 0 Å². The molecule has 0 fully saturated rings. The summed E-state index contributed by atoms with van der Waals surface area (Å²) in [5.41, 5.74) is 0. The van der Waals surface area contributed by atoms with Gasteiger partial charge in [-0.1, -0.05) is 92.6 Å². The van der Waals surface area contributed by atoms with Gasteiger partial charge < -0.3 is 0 Å². The van der Waals surface area contributed by atoms with Gasteiger partial charge in [0.15, 0.2) is 0 Å². The monoisotopic (exact) mass is 450 g/mol. The second-order valence-electron chi connectivity index (χ2n) is 5.37. The van der Waals surface area contributed by atoms with Crippen molar-refractivity contribution < 1.29 is 0 Å². The van der Waals surface area contributed by atoms with Crippen LogP contribution in [0.25, 0.3) is 0 Å². The van der Waals surface area contributed by atoms with Gasteiger partial charge in [-0.25, -0.2) is 0 Å². The minimum absolute atomic E-state index is 0.800. The molecule has 0 saturated heterocycles. The third kappa shape index (κ3) is 7.02. The third-order valence-corrected chi connectivity index (χ3v) is 7.88. The van der Waals surface area contributed by atoms with Crippen molar-refractivity contribution in [2.75, 3.05) is 0 Å². The fraction of sp³-hybridized carbons (Fsp3) is 1.00. The molecular formula is C14H28I2. The number of rotatable bonds is 8. The predicted molar refractivity (Wildman–Crippen MR) is 92.9 cm³/mol. The summed E-state index contributed by atoms with van der Waals surface area (Å²) >= 11 is 5.17. The van der Waals surface area contributed by atoms with Crippen LogP contribution >= 0.6 is 45.2 Å². The Balaban J connectivity index is 3.91. The van der Waals surface area contributed by atoms with Gasteiger partial charge in [0.25, 0.3) is 0 Å². The average Bonchev–Trinajstić information content (AvgIpc) is 2.24. The molecule has 1 unspecified atom stereocenters. The molecule has 0 spiro atoms. The molecule has 0 aromatic rings. The normalized spacial score (nSPS) is 21.2. The van der Waals surface area contributed by atoms with E-state index in [0.29, 0.717) is 0 Å². The highest BCUT2D eigenvalue weighted by atomic mass is 127. The molecule has 0 radical (unpaired) electrons. The van der Waals surface area contributed by atoms with Crippen LogP contribution in [0, 0.1) is 17.8 Å². The van der Waals surface area contributed by atoms with Crippen molar-refractivity contribution in [3.63, 3.8) is 0 Å². The molecule has 0 heterocycles. The number of hydrogen-bond donors (Lipinski definition) is 0. The Morgan fingerprint density at radius 2 is 1.31 bits per heavy atom. The molecule has 0 bridgehead atoms. The molecular weight excluding hydrogens is 422 g/mol. The molecule has 0 amide bonds. The lowest BCUT2D eigenvalue weighted by Crippen LogP contribution is -2.19. The van der Waals surface area contributed by atoms with Crippen LogP contribution in [0.15, 0.2) is 0 Å². The SMILES string of the molecule is CCC[C@@H](C)[C@H](C)[C@H](C)CC[C@@H](I)C(C)I. The van der Waals surface area contributed by atoms with Crippen LogP contribution in [0.5, 0.6) is 0 Å². The van der Waals surface area contributed by atoms with E-state index in [-0.39, 0.29) is 0 Å². The topological polar surface area (TPSA) is 0 Å². The number of alkyl halides is 2. The summed E-state index contributed by atoms with van der Waals surface area (Å²) in [6.07, 6.45) is 5.50. The first-order chi connectivity index (χ1) is 7.40. The lowest BCUT2D eigenvalue weighted by molar-refractivity contribution is 0.250. The van der Waals surface area contributed by atoms with Crippen molar-refractivity contribution in [3.8, 4) is 0 Å². The largest absolute Gasteiger partial charge is 0.0818 e. The summed E-state index contributed by atoms with van der Waals surface area (Å²) in [6, 6.07) is 0. The summed E-state index contributed by atoms with van der Waals surface area (Å²) in [7, 11) is 0. The molecule has 0 nitrogen and oxygen atoms in total. The van der Waals surface area contributed by atoms with E-state index in [2.05, 4.69) is 79.8 Å². The van der Waals surface area contributed by atoms with E-state index < -0.39 is 0 Å². The maximum atomic E-state index is 2.61. The molecule has 0 aliphatic heterocycles. The summed E-state index contributed by atoms with van der Waals surface area (Å²) in [5, 5.41) is 0. The van der Waals surface area contributed by atoms with Crippen LogP contribution in [0.2, 0.25) is 0 Å². The Hall–Kier alpha value is 1.46. The molecule has 0 saturated carbocycles. The number of hydrogen-bond acceptors (Lipinski definition) is 0. The van der Waals surface area contributed by atoms with Gasteiger partial charge in [0, 0.05) is 7.85 Å². The van der Waals surface area contributed by atoms with Crippen molar-refractivity contribution in [1.29, 1.82) is 0 Å². The first-order valence-electron chi connectivity index (χ1n) is 6.68. The van der Waals surface area contributed by atoms with Crippen molar-refractivity contribution in [2.45, 2.75) is 68.2 Å². The summed E-state index contributed by atoms with van der Waals surface area (Å²) in [5.74, 6) is 2.66. The van der Waals surface area contributed by atoms with Crippen molar-refractivity contribution >= 4 is 45.2 Å². The molecule has 2 heteroatoms. The molecule has 16 heavy (non-hydrogen) atoms. The molecule has 0 aliphatic carbocycles. The van der Waals surface area contributed by atoms with Crippen LogP contribution in [0.4, 0.5) is 0 Å². The van der Waals surface area contributed by atoms with Gasteiger partial charge in [-0.2, -0.15) is 0 Å². The van der Waals surface area contributed by atoms with Gasteiger partial charge in [0.05, 0.1) is 0 Å². The van der Waals surface area contributed by atoms with Crippen molar-refractivity contribution in [2.24, 2.45) is 17.8 Å². The maximum absolute atomic E-state index is 2.61. The summed E-state index contributed by atoms with van der Waals surface area (Å²) in [6.45, 7) is 11.9. The second kappa shape index (κ2) is 9.40. The number of halogens is 2. The standard InChI is InChI=1S/C14H28I2/c1-6-7-10(2)12(4)11(3)8-9-14(16)13(5)15/h10-14H,6-9H2,1-5H3/t10-,11-,12+,13?,14-/m1/s1. The van der Waals surface area contributed by atoms with Gasteiger partial charge in [0.2, 0.25) is 0 Å². The van der Waals surface area contributed by atoms with Crippen LogP contribution < -0.4 is 0 Å². The maximum Gasteiger partial charge on any atom is 0.0225 e. The first kappa shape index (κ1) is 17.5. The Morgan fingerprint density at radius 1 is 0.812 bits per heavy atom. The summed E-state index contributed by atoms with van der Waals surface area (Å²) in [4.78, 5) is 0. The van der Waals surface area contributed by atoms with E-state index in [1.165, 1.54) is 25.7 Å². The molecule has 0 aromatic heterocycles. The Labute approximate surface area is 130 Å². The van der Waals surface area contributed by atoms with E-state index in [0.717, 1.165) is 25.6 Å². The molecule has 0 aliphatic rings. The van der Waals surface area contributed by atoms with Crippen LogP contribution in [-0.2, 0) is 0 Å². The Morgan fingerprint density at radius 3 is 1.75 bits per heavy atom. The average molecular weight is 450 g/mol. The second-order valence-corrected chi connectivity index (χ2v) is 8.94. The fourth-order valence-electron chi connectivity index (χ4n) is 2.19. The predicted octanol–water partition coefficient (Wildman–Crippen LogP) is 6.10. The van der Waals surface area contributed by atoms with Crippen LogP contribution in [0.3, 0.4) is 0 Å². The van der Waals surface area contributed by atoms with E-state index in [1.807, 2.05) is 0 Å². The van der Waals surface area contributed by atoms with Gasteiger partial charge in [0.1, 0.15) is 0 Å². The third-order valence-electron chi connectivity index (χ3n) is 3.94. The molecule has 0 aromatic carbocycles. The lowest BCUT2D eigenvalue weighted by Gasteiger charge is -2.27. The van der Waals surface area contributed by atoms with Crippen LogP contribution in [-0.4, -0.2) is 7.85 Å². The molecule has 5 atom stereocenters. The smallest absolute Gasteiger partial charge is 0.0225 e. The molecule has 0 N–H and O–H groups in total. The lowest BCUT2D eigenvalue weighted by atomic mass is 9.80. The zero-order chi connectivity index (χ0) is 12.7. The highest BCUT2D eigenvalue weighted by molar-refractivity contribution is 14.1. The van der Waals surface area contributed by atoms with E-state index in [4.69, 9.17) is 0 Å². The zero-order valence-corrected chi connectivity index (χ0v) is 15.8. The van der Waals surface area contributed by atoms with Gasteiger partial charge >= 0.3 is 0 Å². The van der Waals surface area contributed by atoms with E-state index >= 15 is 0 Å². The minimum atomic E-state index is 0.800. The quantitative estimate of drug-likeness (QED) is 0.310. The zero-order valence-electron chi connectivity index (χ0n) is 11.5. The highest BCUT2D eigenvalue weighted by Crippen LogP contribution is 2.30. The van der Waals surface area contributed by atoms with E-state index in [9.17, 15) is 0 Å². The molecule has 98 valence electrons. The van der Waals surface area contributed by atoms with Gasteiger partial charge in [-0.05, 0) is 30.6 Å². The summed E-state index contributed by atoms with van der Waals surface area (Å²) < 4.78 is 1.64. The van der Waals surface area contributed by atoms with Crippen LogP contribution in [0.1, 0.15) is 60.3 Å². The van der Waals surface area contributed by atoms with Crippen molar-refractivity contribution in [1.82, 2.24) is 0 Å². The molecule has 0 rings (SSSR count). The minimum Gasteiger partial charge on any atom is -0.0818 e. The van der Waals surface area contributed by atoms with Gasteiger partial charge in [-0.15, -0.1) is 0 Å². The van der Waals surface area contributed by atoms with E-state index in [1.54, 1.807) is 0 Å². The Bertz CT molecular complexity index is 168. The first-order valence-corrected chi connectivity index (χ1v) is 9.17. The Kier molecular flexibility index (Phi) is 10.3. The fourth-order valence-corrected chi connectivity index (χ4v) is 2.91. The van der Waals surface area contributed by atoms with Gasteiger partial charge in [-0.3, -0.25) is 0 Å². The highest BCUT2D eigenvalue weighted by Gasteiger charge is 2.20.